The summed E-state index contributed by atoms with van der Waals surface area (Å²) in [4.78, 5) is 12.0. The van der Waals surface area contributed by atoms with E-state index in [9.17, 15) is 9.90 Å². The van der Waals surface area contributed by atoms with Crippen LogP contribution in [0.15, 0.2) is 0 Å². The van der Waals surface area contributed by atoms with Gasteiger partial charge in [0.2, 0.25) is 0 Å². The van der Waals surface area contributed by atoms with Crippen LogP contribution in [0, 0.1) is 46.8 Å². The normalized spacial score (nSPS) is 56.1. The smallest absolute Gasteiger partial charge is 0.123 e. The lowest BCUT2D eigenvalue weighted by atomic mass is 9.47. The summed E-state index contributed by atoms with van der Waals surface area (Å²) in [6.07, 6.45) is 13.6. The van der Waals surface area contributed by atoms with Gasteiger partial charge in [-0.3, -0.25) is 0 Å². The van der Waals surface area contributed by atoms with E-state index in [-0.39, 0.29) is 11.3 Å². The summed E-state index contributed by atoms with van der Waals surface area (Å²) < 4.78 is 0. The van der Waals surface area contributed by atoms with Crippen molar-refractivity contribution in [1.29, 1.82) is 0 Å². The molecule has 4 saturated carbocycles. The lowest BCUT2D eigenvalue weighted by molar-refractivity contribution is -0.130. The Morgan fingerprint density at radius 3 is 2.44 bits per heavy atom. The molecule has 0 bridgehead atoms. The zero-order valence-electron chi connectivity index (χ0n) is 16.5. The van der Waals surface area contributed by atoms with E-state index >= 15 is 0 Å². The molecule has 0 radical (unpaired) electrons. The Labute approximate surface area is 154 Å². The van der Waals surface area contributed by atoms with Crippen LogP contribution in [0.25, 0.3) is 0 Å². The molecule has 4 aliphatic carbocycles. The van der Waals surface area contributed by atoms with Crippen molar-refractivity contribution in [2.45, 2.75) is 90.6 Å². The minimum Gasteiger partial charge on any atom is -0.390 e. The molecule has 2 unspecified atom stereocenters. The third kappa shape index (κ3) is 3.01. The summed E-state index contributed by atoms with van der Waals surface area (Å²) in [5.41, 5.74) is -0.168. The quantitative estimate of drug-likeness (QED) is 0.660. The number of carbonyl (C=O) groups is 1. The topological polar surface area (TPSA) is 37.3 Å². The fraction of sp³-hybridized carbons (Fsp3) is 0.957. The molecule has 0 saturated heterocycles. The van der Waals surface area contributed by atoms with E-state index in [1.54, 1.807) is 0 Å². The van der Waals surface area contributed by atoms with Gasteiger partial charge in [0, 0.05) is 5.92 Å². The number of hydrogen-bond donors (Lipinski definition) is 1. The molecule has 25 heavy (non-hydrogen) atoms. The maximum Gasteiger partial charge on any atom is 0.123 e. The maximum atomic E-state index is 12.0. The number of aldehydes is 1. The van der Waals surface area contributed by atoms with Gasteiger partial charge in [-0.05, 0) is 106 Å². The number of rotatable bonds is 1. The molecule has 142 valence electrons. The molecule has 0 heterocycles. The molecular weight excluding hydrogens is 308 g/mol. The first kappa shape index (κ1) is 18.0. The van der Waals surface area contributed by atoms with E-state index in [1.165, 1.54) is 51.2 Å². The van der Waals surface area contributed by atoms with Crippen LogP contribution in [0.3, 0.4) is 0 Å². The first-order valence-electron chi connectivity index (χ1n) is 11.0. The van der Waals surface area contributed by atoms with Crippen molar-refractivity contribution >= 4 is 6.29 Å². The fourth-order valence-corrected chi connectivity index (χ4v) is 7.93. The predicted molar refractivity (Wildman–Crippen MR) is 101 cm³/mol. The van der Waals surface area contributed by atoms with E-state index in [1.807, 2.05) is 0 Å². The van der Waals surface area contributed by atoms with E-state index in [0.29, 0.717) is 5.92 Å². The molecule has 0 aliphatic heterocycles. The van der Waals surface area contributed by atoms with Crippen molar-refractivity contribution in [2.24, 2.45) is 46.8 Å². The standard InChI is InChI=1S/C23H38O2/c1-15-4-7-21-20-6-5-16-13-22(2,25)10-8-18(16)19(20)9-11-23(21,3)17(12-15)14-24/h14-21,25H,4-13H2,1-3H3/t15-,16+,17?,18-,19+,20?,21-,22+,23+/m0/s1. The number of carbonyl (C=O) groups excluding carboxylic acids is 1. The summed E-state index contributed by atoms with van der Waals surface area (Å²) in [7, 11) is 0. The molecule has 0 aromatic heterocycles. The van der Waals surface area contributed by atoms with Gasteiger partial charge in [0.15, 0.2) is 0 Å². The van der Waals surface area contributed by atoms with Gasteiger partial charge in [-0.25, -0.2) is 0 Å². The Morgan fingerprint density at radius 1 is 0.920 bits per heavy atom. The highest BCUT2D eigenvalue weighted by atomic mass is 16.3. The fourth-order valence-electron chi connectivity index (χ4n) is 7.93. The molecule has 1 N–H and O–H groups in total. The minimum atomic E-state index is -0.419. The Bertz CT molecular complexity index is 512. The molecule has 4 fully saturated rings. The molecule has 9 atom stereocenters. The molecule has 0 spiro atoms. The van der Waals surface area contributed by atoms with Crippen molar-refractivity contribution in [3.05, 3.63) is 0 Å². The average Bonchev–Trinajstić information content (AvgIpc) is 2.69. The summed E-state index contributed by atoms with van der Waals surface area (Å²) in [6, 6.07) is 0. The highest BCUT2D eigenvalue weighted by molar-refractivity contribution is 5.55. The zero-order valence-corrected chi connectivity index (χ0v) is 16.5. The van der Waals surface area contributed by atoms with E-state index in [4.69, 9.17) is 0 Å². The van der Waals surface area contributed by atoms with Crippen molar-refractivity contribution in [1.82, 2.24) is 0 Å². The van der Waals surface area contributed by atoms with Crippen LogP contribution in [0.1, 0.15) is 85.0 Å². The van der Waals surface area contributed by atoms with Gasteiger partial charge in [-0.2, -0.15) is 0 Å². The van der Waals surface area contributed by atoms with Gasteiger partial charge in [0.1, 0.15) is 6.29 Å². The Hall–Kier alpha value is -0.370. The van der Waals surface area contributed by atoms with Gasteiger partial charge in [-0.1, -0.05) is 20.3 Å². The average molecular weight is 347 g/mol. The Kier molecular flexibility index (Phi) is 4.58. The molecule has 0 aromatic carbocycles. The molecule has 4 aliphatic rings. The van der Waals surface area contributed by atoms with Crippen LogP contribution in [-0.4, -0.2) is 17.0 Å². The second-order valence-corrected chi connectivity index (χ2v) is 10.9. The molecule has 2 nitrogen and oxygen atoms in total. The van der Waals surface area contributed by atoms with Gasteiger partial charge in [0.25, 0.3) is 0 Å². The van der Waals surface area contributed by atoms with Gasteiger partial charge < -0.3 is 9.90 Å². The molecule has 4 rings (SSSR count). The number of aliphatic hydroxyl groups is 1. The molecule has 0 amide bonds. The van der Waals surface area contributed by atoms with Crippen LogP contribution in [0.2, 0.25) is 0 Å². The highest BCUT2D eigenvalue weighted by Crippen LogP contribution is 2.62. The summed E-state index contributed by atoms with van der Waals surface area (Å²) in [6.45, 7) is 6.87. The number of fused-ring (bicyclic) bond motifs is 5. The third-order valence-corrected chi connectivity index (χ3v) is 9.31. The van der Waals surface area contributed by atoms with Crippen molar-refractivity contribution in [2.75, 3.05) is 0 Å². The van der Waals surface area contributed by atoms with Crippen LogP contribution in [0.5, 0.6) is 0 Å². The van der Waals surface area contributed by atoms with Crippen LogP contribution in [0.4, 0.5) is 0 Å². The Morgan fingerprint density at radius 2 is 1.68 bits per heavy atom. The predicted octanol–water partition coefficient (Wildman–Crippen LogP) is 5.23. The molecular formula is C23H38O2. The van der Waals surface area contributed by atoms with Gasteiger partial charge >= 0.3 is 0 Å². The third-order valence-electron chi connectivity index (χ3n) is 9.31. The van der Waals surface area contributed by atoms with E-state index in [0.717, 1.165) is 48.9 Å². The zero-order chi connectivity index (χ0) is 17.8. The van der Waals surface area contributed by atoms with Gasteiger partial charge in [-0.15, -0.1) is 0 Å². The second kappa shape index (κ2) is 6.36. The first-order chi connectivity index (χ1) is 11.8. The Balaban J connectivity index is 1.59. The van der Waals surface area contributed by atoms with Crippen molar-refractivity contribution in [3.63, 3.8) is 0 Å². The summed E-state index contributed by atoms with van der Waals surface area (Å²) in [5, 5.41) is 10.5. The van der Waals surface area contributed by atoms with Gasteiger partial charge in [0.05, 0.1) is 5.60 Å². The SMILES string of the molecule is C[C@H]1CC[C@H]2C3CC[C@@H]4C[C@](C)(O)CC[C@@H]4[C@H]3CC[C@]2(C)C(C=O)C1. The number of hydrogen-bond acceptors (Lipinski definition) is 2. The van der Waals surface area contributed by atoms with Crippen LogP contribution < -0.4 is 0 Å². The second-order valence-electron chi connectivity index (χ2n) is 10.9. The molecule has 2 heteroatoms. The van der Waals surface area contributed by atoms with Crippen LogP contribution in [-0.2, 0) is 4.79 Å². The maximum absolute atomic E-state index is 12.0. The van der Waals surface area contributed by atoms with Crippen molar-refractivity contribution in [3.8, 4) is 0 Å². The van der Waals surface area contributed by atoms with Crippen molar-refractivity contribution < 1.29 is 9.90 Å². The lowest BCUT2D eigenvalue weighted by Crippen LogP contribution is -2.52. The first-order valence-corrected chi connectivity index (χ1v) is 11.0. The summed E-state index contributed by atoms with van der Waals surface area (Å²) >= 11 is 0. The van der Waals surface area contributed by atoms with Crippen LogP contribution >= 0.6 is 0 Å². The minimum absolute atomic E-state index is 0.251. The monoisotopic (exact) mass is 346 g/mol. The highest BCUT2D eigenvalue weighted by Gasteiger charge is 2.55. The van der Waals surface area contributed by atoms with E-state index < -0.39 is 5.60 Å². The molecule has 0 aromatic rings. The largest absolute Gasteiger partial charge is 0.390 e. The summed E-state index contributed by atoms with van der Waals surface area (Å²) in [5.74, 6) is 5.05. The van der Waals surface area contributed by atoms with E-state index in [2.05, 4.69) is 20.8 Å². The lowest BCUT2D eigenvalue weighted by Gasteiger charge is -2.58.